The van der Waals surface area contributed by atoms with Crippen LogP contribution < -0.4 is 0 Å². The number of hydrogen-bond acceptors (Lipinski definition) is 5. The molecule has 0 aliphatic carbocycles. The molecule has 0 saturated heterocycles. The van der Waals surface area contributed by atoms with E-state index in [1.807, 2.05) is 26.0 Å². The Kier molecular flexibility index (Phi) is 31.2. The van der Waals surface area contributed by atoms with Gasteiger partial charge in [0.2, 0.25) is 0 Å². The van der Waals surface area contributed by atoms with E-state index >= 15 is 0 Å². The molecule has 8 nitrogen and oxygen atoms in total. The Bertz CT molecular complexity index is 157. The molecule has 0 aromatic heterocycles. The summed E-state index contributed by atoms with van der Waals surface area (Å²) in [4.78, 5) is 10.4. The Labute approximate surface area is 89.6 Å². The summed E-state index contributed by atoms with van der Waals surface area (Å²) in [5, 5.41) is 13.6. The standard InChI is InChI=1S/C3H9N.Li.HNO3.H2O3S.H/c1-4(2)3;;2-1(3)4;1-4(2)3;/h1-3H3;;(H,2,3,4);4H,(H,1,2,3);. The van der Waals surface area contributed by atoms with E-state index < -0.39 is 16.1 Å². The monoisotopic (exact) mass is 212 g/mol. The summed E-state index contributed by atoms with van der Waals surface area (Å²) in [7, 11) is 2.88. The van der Waals surface area contributed by atoms with Gasteiger partial charge in [0.15, 0.2) is 0 Å². The first-order chi connectivity index (χ1) is 5.20. The molecule has 0 aliphatic rings. The summed E-state index contributed by atoms with van der Waals surface area (Å²) in [6, 6.07) is 0. The Balaban J connectivity index is -0.0000000450. The van der Waals surface area contributed by atoms with Gasteiger partial charge in [-0.15, -0.1) is 10.1 Å². The first-order valence-corrected chi connectivity index (χ1v) is 3.60. The molecule has 0 atom stereocenters. The van der Waals surface area contributed by atoms with Crippen LogP contribution in [0.3, 0.4) is 0 Å². The molecule has 78 valence electrons. The van der Waals surface area contributed by atoms with Gasteiger partial charge in [-0.3, -0.25) is 4.55 Å². The molecule has 10 heteroatoms. The van der Waals surface area contributed by atoms with E-state index in [2.05, 4.69) is 0 Å². The molecule has 0 radical (unpaired) electrons. The van der Waals surface area contributed by atoms with Crippen molar-refractivity contribution in [2.24, 2.45) is 0 Å². The predicted molar refractivity (Wildman–Crippen MR) is 48.5 cm³/mol. The molecule has 0 heterocycles. The molecule has 0 unspecified atom stereocenters. The zero-order valence-electron chi connectivity index (χ0n) is 6.87. The Hall–Kier alpha value is -0.333. The van der Waals surface area contributed by atoms with E-state index in [4.69, 9.17) is 28.3 Å². The van der Waals surface area contributed by atoms with E-state index in [0.29, 0.717) is 0 Å². The van der Waals surface area contributed by atoms with Crippen molar-refractivity contribution < 1.29 is 23.3 Å². The minimum absolute atomic E-state index is 0. The van der Waals surface area contributed by atoms with Crippen LogP contribution in [0, 0.1) is 10.1 Å². The van der Waals surface area contributed by atoms with Gasteiger partial charge in [-0.05, 0) is 21.1 Å². The molecule has 0 aromatic rings. The van der Waals surface area contributed by atoms with E-state index in [0.717, 1.165) is 0 Å². The summed E-state index contributed by atoms with van der Waals surface area (Å²) in [6.07, 6.45) is 0. The van der Waals surface area contributed by atoms with Crippen LogP contribution in [-0.2, 0) is 11.0 Å². The van der Waals surface area contributed by atoms with Crippen LogP contribution in [0.25, 0.3) is 0 Å². The molecule has 0 aliphatic heterocycles. The van der Waals surface area contributed by atoms with Crippen LogP contribution in [0.5, 0.6) is 0 Å². The average molecular weight is 212 g/mol. The van der Waals surface area contributed by atoms with Crippen molar-refractivity contribution in [1.29, 1.82) is 0 Å². The average Bonchev–Trinajstić information content (AvgIpc) is 1.54. The molecular formula is C3H13LiN2O6S. The van der Waals surface area contributed by atoms with Gasteiger partial charge in [-0.25, -0.2) is 8.42 Å². The maximum atomic E-state index is 8.59. The minimum atomic E-state index is -3.12. The van der Waals surface area contributed by atoms with E-state index in [1.165, 1.54) is 0 Å². The fraction of sp³-hybridized carbons (Fsp3) is 1.00. The second-order valence-electron chi connectivity index (χ2n) is 1.82. The third-order valence-corrected chi connectivity index (χ3v) is 0. The Morgan fingerprint density at radius 1 is 1.31 bits per heavy atom. The third-order valence-electron chi connectivity index (χ3n) is 0. The summed E-state index contributed by atoms with van der Waals surface area (Å²) >= 11 is 0. The zero-order valence-corrected chi connectivity index (χ0v) is 7.76. The quantitative estimate of drug-likeness (QED) is 0.143. The van der Waals surface area contributed by atoms with Gasteiger partial charge in [-0.2, -0.15) is 0 Å². The maximum absolute atomic E-state index is 8.59. The molecule has 0 rings (SSSR count). The van der Waals surface area contributed by atoms with Crippen LogP contribution in [0.1, 0.15) is 0 Å². The molecule has 0 fully saturated rings. The van der Waals surface area contributed by atoms with Crippen LogP contribution in [0.15, 0.2) is 0 Å². The van der Waals surface area contributed by atoms with Gasteiger partial charge < -0.3 is 10.1 Å². The van der Waals surface area contributed by atoms with Crippen molar-refractivity contribution in [3.63, 3.8) is 0 Å². The molecule has 0 saturated carbocycles. The van der Waals surface area contributed by atoms with Crippen LogP contribution in [-0.4, -0.2) is 68.2 Å². The van der Waals surface area contributed by atoms with Gasteiger partial charge in [0, 0.05) is 0 Å². The number of thiol groups is 1. The number of hydrogen-bond donors (Lipinski definition) is 3. The number of nitrogens with zero attached hydrogens (tertiary/aromatic N) is 2. The van der Waals surface area contributed by atoms with Gasteiger partial charge in [0.25, 0.3) is 16.1 Å². The van der Waals surface area contributed by atoms with Crippen molar-refractivity contribution in [2.45, 2.75) is 0 Å². The summed E-state index contributed by atoms with van der Waals surface area (Å²) in [5.41, 5.74) is 0. The fourth-order valence-electron chi connectivity index (χ4n) is 0. The molecular weight excluding hydrogens is 199 g/mol. The topological polar surface area (TPSA) is 121 Å². The van der Waals surface area contributed by atoms with Crippen LogP contribution in [0.2, 0.25) is 0 Å². The predicted octanol–water partition coefficient (Wildman–Crippen LogP) is -1.75. The van der Waals surface area contributed by atoms with E-state index in [-0.39, 0.29) is 18.9 Å². The van der Waals surface area contributed by atoms with Crippen molar-refractivity contribution in [3.8, 4) is 0 Å². The SMILES string of the molecule is CN(C)C.O=[N+]([O-])O.O=[SH](=O)O.[LiH]. The first-order valence-electron chi connectivity index (χ1n) is 2.47. The molecule has 0 bridgehead atoms. The molecule has 2 N–H and O–H groups in total. The van der Waals surface area contributed by atoms with Gasteiger partial charge in [0.05, 0.1) is 0 Å². The summed E-state index contributed by atoms with van der Waals surface area (Å²) < 4.78 is 24.2. The molecule has 0 aromatic carbocycles. The van der Waals surface area contributed by atoms with Crippen molar-refractivity contribution in [2.75, 3.05) is 21.1 Å². The number of rotatable bonds is 0. The summed E-state index contributed by atoms with van der Waals surface area (Å²) in [6.45, 7) is 0. The molecule has 0 amide bonds. The van der Waals surface area contributed by atoms with Crippen molar-refractivity contribution in [1.82, 2.24) is 4.90 Å². The first kappa shape index (κ1) is 23.0. The second-order valence-corrected chi connectivity index (χ2v) is 2.29. The van der Waals surface area contributed by atoms with Gasteiger partial charge in [0.1, 0.15) is 0 Å². The molecule has 13 heavy (non-hydrogen) atoms. The second kappa shape index (κ2) is 17.7. The van der Waals surface area contributed by atoms with Crippen LogP contribution >= 0.6 is 0 Å². The van der Waals surface area contributed by atoms with Crippen molar-refractivity contribution in [3.05, 3.63) is 10.1 Å². The Morgan fingerprint density at radius 3 is 1.31 bits per heavy atom. The Morgan fingerprint density at radius 2 is 1.31 bits per heavy atom. The van der Waals surface area contributed by atoms with Gasteiger partial charge >= 0.3 is 18.9 Å². The van der Waals surface area contributed by atoms with Crippen LogP contribution in [0.4, 0.5) is 0 Å². The zero-order chi connectivity index (χ0) is 10.7. The van der Waals surface area contributed by atoms with Crippen molar-refractivity contribution >= 4 is 29.8 Å². The summed E-state index contributed by atoms with van der Waals surface area (Å²) in [5.74, 6) is 0. The van der Waals surface area contributed by atoms with E-state index in [1.54, 1.807) is 0 Å². The molecule has 0 spiro atoms. The van der Waals surface area contributed by atoms with E-state index in [9.17, 15) is 0 Å². The normalized spacial score (nSPS) is 7.23. The third kappa shape index (κ3) is 9860. The fourth-order valence-corrected chi connectivity index (χ4v) is 0. The van der Waals surface area contributed by atoms with Gasteiger partial charge in [-0.1, -0.05) is 0 Å².